The van der Waals surface area contributed by atoms with Crippen molar-refractivity contribution in [2.24, 2.45) is 0 Å². The summed E-state index contributed by atoms with van der Waals surface area (Å²) in [7, 11) is -2.85. The van der Waals surface area contributed by atoms with Crippen molar-refractivity contribution in [3.05, 3.63) is 42.1 Å². The van der Waals surface area contributed by atoms with Gasteiger partial charge in [-0.3, -0.25) is 4.79 Å². The van der Waals surface area contributed by atoms with E-state index >= 15 is 0 Å². The second kappa shape index (κ2) is 6.38. The first-order valence-electron chi connectivity index (χ1n) is 8.72. The highest BCUT2D eigenvalue weighted by Crippen LogP contribution is 2.14. The number of hydrogen-bond donors (Lipinski definition) is 1. The first kappa shape index (κ1) is 16.5. The number of pyridine rings is 1. The van der Waals surface area contributed by atoms with Crippen LogP contribution in [0.3, 0.4) is 0 Å². The van der Waals surface area contributed by atoms with E-state index in [0.717, 1.165) is 30.4 Å². The Labute approximate surface area is 147 Å². The molecule has 1 N–H and O–H groups in total. The molecular formula is C18H22N3O3S+. The number of para-hydroxylation sites is 1. The Balaban J connectivity index is 1.42. The van der Waals surface area contributed by atoms with Crippen LogP contribution in [0.4, 0.5) is 0 Å². The van der Waals surface area contributed by atoms with E-state index in [9.17, 15) is 13.2 Å². The van der Waals surface area contributed by atoms with Crippen molar-refractivity contribution in [1.82, 2.24) is 9.88 Å². The minimum atomic E-state index is -2.85. The van der Waals surface area contributed by atoms with Crippen molar-refractivity contribution in [2.75, 3.05) is 37.7 Å². The molecule has 4 rings (SSSR count). The van der Waals surface area contributed by atoms with E-state index in [1.165, 1.54) is 4.90 Å². The Morgan fingerprint density at radius 3 is 2.60 bits per heavy atom. The molecule has 1 amide bonds. The lowest BCUT2D eigenvalue weighted by atomic mass is 10.1. The average Bonchev–Trinajstić information content (AvgIpc) is 3.01. The van der Waals surface area contributed by atoms with Gasteiger partial charge in [0.1, 0.15) is 17.5 Å². The van der Waals surface area contributed by atoms with Crippen molar-refractivity contribution in [2.45, 2.75) is 12.5 Å². The Morgan fingerprint density at radius 1 is 1.12 bits per heavy atom. The molecule has 3 heterocycles. The maximum Gasteiger partial charge on any atom is 0.272 e. The number of rotatable bonds is 2. The molecule has 25 heavy (non-hydrogen) atoms. The molecular weight excluding hydrogens is 338 g/mol. The number of nitrogens with one attached hydrogen (secondary N) is 1. The van der Waals surface area contributed by atoms with Gasteiger partial charge in [0.05, 0.1) is 37.4 Å². The summed E-state index contributed by atoms with van der Waals surface area (Å²) in [4.78, 5) is 20.4. The average molecular weight is 360 g/mol. The molecule has 1 aromatic carbocycles. The molecule has 132 valence electrons. The number of nitrogens with zero attached hydrogens (tertiary/aromatic N) is 2. The normalized spacial score (nSPS) is 23.8. The maximum absolute atomic E-state index is 12.7. The fourth-order valence-corrected chi connectivity index (χ4v) is 5.70. The number of sulfone groups is 1. The van der Waals surface area contributed by atoms with Crippen LogP contribution < -0.4 is 4.90 Å². The van der Waals surface area contributed by atoms with Crippen LogP contribution in [0.2, 0.25) is 0 Å². The molecule has 0 radical (unpaired) electrons. The Hall–Kier alpha value is -1.99. The number of fused-ring (bicyclic) bond motifs is 1. The number of carbonyl (C=O) groups is 1. The van der Waals surface area contributed by atoms with Gasteiger partial charge >= 0.3 is 0 Å². The van der Waals surface area contributed by atoms with Crippen LogP contribution in [0, 0.1) is 0 Å². The highest BCUT2D eigenvalue weighted by Gasteiger charge is 2.37. The topological polar surface area (TPSA) is 71.8 Å². The summed E-state index contributed by atoms with van der Waals surface area (Å²) in [5.41, 5.74) is 1.30. The van der Waals surface area contributed by atoms with Crippen molar-refractivity contribution in [3.8, 4) is 0 Å². The van der Waals surface area contributed by atoms with Gasteiger partial charge in [-0.2, -0.15) is 0 Å². The molecule has 0 bridgehead atoms. The third-order valence-electron chi connectivity index (χ3n) is 5.32. The molecule has 6 nitrogen and oxygen atoms in total. The number of benzene rings is 1. The summed E-state index contributed by atoms with van der Waals surface area (Å²) in [5.74, 6) is 0.566. The zero-order chi connectivity index (χ0) is 17.4. The van der Waals surface area contributed by atoms with Crippen molar-refractivity contribution >= 4 is 26.6 Å². The van der Waals surface area contributed by atoms with Gasteiger partial charge in [0, 0.05) is 11.8 Å². The van der Waals surface area contributed by atoms with Crippen molar-refractivity contribution in [1.29, 1.82) is 0 Å². The summed E-state index contributed by atoms with van der Waals surface area (Å²) >= 11 is 0. The fraction of sp³-hybridized carbons (Fsp3) is 0.444. The van der Waals surface area contributed by atoms with Gasteiger partial charge in [-0.25, -0.2) is 13.4 Å². The molecule has 0 unspecified atom stereocenters. The van der Waals surface area contributed by atoms with Crippen molar-refractivity contribution < 1.29 is 18.1 Å². The fourth-order valence-electron chi connectivity index (χ4n) is 3.87. The number of hydrogen-bond acceptors (Lipinski definition) is 4. The number of amides is 1. The first-order valence-corrected chi connectivity index (χ1v) is 10.5. The molecule has 1 aromatic heterocycles. The number of carbonyl (C=O) groups excluding carboxylic acids is 1. The summed E-state index contributed by atoms with van der Waals surface area (Å²) in [5, 5.41) is 1.02. The summed E-state index contributed by atoms with van der Waals surface area (Å²) in [6, 6.07) is 11.7. The largest absolute Gasteiger partial charge is 0.329 e. The quantitative estimate of drug-likeness (QED) is 0.803. The van der Waals surface area contributed by atoms with Crippen LogP contribution in [0.1, 0.15) is 16.9 Å². The molecule has 2 fully saturated rings. The van der Waals surface area contributed by atoms with E-state index in [4.69, 9.17) is 0 Å². The van der Waals surface area contributed by atoms with Gasteiger partial charge < -0.3 is 9.80 Å². The summed E-state index contributed by atoms with van der Waals surface area (Å²) in [6.45, 7) is 2.91. The predicted molar refractivity (Wildman–Crippen MR) is 95.4 cm³/mol. The predicted octanol–water partition coefficient (Wildman–Crippen LogP) is -0.237. The second-order valence-electron chi connectivity index (χ2n) is 6.94. The summed E-state index contributed by atoms with van der Waals surface area (Å²) in [6.07, 6.45) is 0.748. The van der Waals surface area contributed by atoms with Gasteiger partial charge in [0.15, 0.2) is 9.84 Å². The van der Waals surface area contributed by atoms with E-state index < -0.39 is 9.84 Å². The van der Waals surface area contributed by atoms with Crippen LogP contribution >= 0.6 is 0 Å². The first-order chi connectivity index (χ1) is 12.0. The van der Waals surface area contributed by atoms with Crippen LogP contribution in [0.15, 0.2) is 36.4 Å². The van der Waals surface area contributed by atoms with E-state index in [0.29, 0.717) is 30.3 Å². The van der Waals surface area contributed by atoms with Gasteiger partial charge in [-0.05, 0) is 12.1 Å². The molecule has 0 spiro atoms. The standard InChI is InChI=1S/C18H21N3O3S/c22-18(17-6-5-14-3-1-2-4-16(14)19-17)21-10-8-20(9-11-21)15-7-12-25(23,24)13-15/h1-6,15H,7-13H2/p+1/t15-/m0/s1. The Morgan fingerprint density at radius 2 is 1.88 bits per heavy atom. The molecule has 0 aliphatic carbocycles. The van der Waals surface area contributed by atoms with Gasteiger partial charge in [0.2, 0.25) is 0 Å². The van der Waals surface area contributed by atoms with Crippen LogP contribution in [0.5, 0.6) is 0 Å². The zero-order valence-corrected chi connectivity index (χ0v) is 14.8. The lowest BCUT2D eigenvalue weighted by Crippen LogP contribution is -3.18. The smallest absolute Gasteiger partial charge is 0.272 e. The summed E-state index contributed by atoms with van der Waals surface area (Å²) < 4.78 is 23.3. The SMILES string of the molecule is O=C(c1ccc2ccccc2n1)N1CC[NH+]([C@H]2CCS(=O)(=O)C2)CC1. The lowest BCUT2D eigenvalue weighted by molar-refractivity contribution is -0.925. The lowest BCUT2D eigenvalue weighted by Gasteiger charge is -2.34. The number of aromatic nitrogens is 1. The maximum atomic E-state index is 12.7. The molecule has 1 atom stereocenters. The van der Waals surface area contributed by atoms with Gasteiger partial charge in [0.25, 0.3) is 5.91 Å². The van der Waals surface area contributed by atoms with Crippen LogP contribution in [0.25, 0.3) is 10.9 Å². The second-order valence-corrected chi connectivity index (χ2v) is 9.17. The molecule has 0 saturated carbocycles. The minimum absolute atomic E-state index is 0.0381. The zero-order valence-electron chi connectivity index (χ0n) is 14.0. The van der Waals surface area contributed by atoms with Gasteiger partial charge in [-0.15, -0.1) is 0 Å². The third-order valence-corrected chi connectivity index (χ3v) is 7.09. The highest BCUT2D eigenvalue weighted by atomic mass is 32.2. The Bertz CT molecular complexity index is 905. The molecule has 2 saturated heterocycles. The molecule has 2 aliphatic heterocycles. The number of quaternary nitrogens is 1. The van der Waals surface area contributed by atoms with Crippen LogP contribution in [-0.2, 0) is 9.84 Å². The minimum Gasteiger partial charge on any atom is -0.329 e. The molecule has 2 aromatic rings. The Kier molecular flexibility index (Phi) is 4.21. The van der Waals surface area contributed by atoms with Gasteiger partial charge in [-0.1, -0.05) is 24.3 Å². The monoisotopic (exact) mass is 360 g/mol. The molecule has 7 heteroatoms. The van der Waals surface area contributed by atoms with Crippen LogP contribution in [-0.4, -0.2) is 67.9 Å². The molecule has 2 aliphatic rings. The van der Waals surface area contributed by atoms with E-state index in [-0.39, 0.29) is 11.9 Å². The van der Waals surface area contributed by atoms with E-state index in [2.05, 4.69) is 4.98 Å². The third kappa shape index (κ3) is 3.39. The van der Waals surface area contributed by atoms with Crippen molar-refractivity contribution in [3.63, 3.8) is 0 Å². The van der Waals surface area contributed by atoms with E-state index in [1.807, 2.05) is 35.2 Å². The number of piperazine rings is 1. The van der Waals surface area contributed by atoms with E-state index in [1.54, 1.807) is 6.07 Å². The highest BCUT2D eigenvalue weighted by molar-refractivity contribution is 7.91.